The van der Waals surface area contributed by atoms with Gasteiger partial charge < -0.3 is 20.0 Å². The Morgan fingerprint density at radius 1 is 1.08 bits per heavy atom. The molecule has 1 amide bonds. The Kier molecular flexibility index (Phi) is 6.61. The van der Waals surface area contributed by atoms with Crippen molar-refractivity contribution in [1.82, 2.24) is 15.1 Å². The van der Waals surface area contributed by atoms with Gasteiger partial charge in [0.15, 0.2) is 5.96 Å². The molecule has 0 atom stereocenters. The van der Waals surface area contributed by atoms with Crippen LogP contribution in [0, 0.1) is 0 Å². The van der Waals surface area contributed by atoms with Gasteiger partial charge in [-0.15, -0.1) is 0 Å². The molecule has 0 spiro atoms. The van der Waals surface area contributed by atoms with E-state index in [2.05, 4.69) is 33.1 Å². The summed E-state index contributed by atoms with van der Waals surface area (Å²) in [5, 5.41) is 4.11. The SMILES string of the molecule is CCNC(=NCC(=O)N1CCCC1)N1CCN(c2ccccc2Cl)CC1. The Morgan fingerprint density at radius 2 is 1.77 bits per heavy atom. The summed E-state index contributed by atoms with van der Waals surface area (Å²) in [7, 11) is 0. The van der Waals surface area contributed by atoms with Crippen molar-refractivity contribution < 1.29 is 4.79 Å². The standard InChI is InChI=1S/C19H28ClN5O/c1-2-21-19(22-15-18(26)24-9-5-6-10-24)25-13-11-23(12-14-25)17-8-4-3-7-16(17)20/h3-4,7-8H,2,5-6,9-15H2,1H3,(H,21,22). The Bertz CT molecular complexity index is 637. The first-order chi connectivity index (χ1) is 12.7. The maximum Gasteiger partial charge on any atom is 0.244 e. The molecule has 1 aromatic carbocycles. The lowest BCUT2D eigenvalue weighted by molar-refractivity contribution is -0.128. The Balaban J connectivity index is 1.58. The minimum atomic E-state index is 0.132. The van der Waals surface area contributed by atoms with E-state index in [9.17, 15) is 4.79 Å². The number of benzene rings is 1. The van der Waals surface area contributed by atoms with Gasteiger partial charge in [0, 0.05) is 45.8 Å². The number of guanidine groups is 1. The summed E-state index contributed by atoms with van der Waals surface area (Å²) in [5.41, 5.74) is 1.08. The van der Waals surface area contributed by atoms with Crippen molar-refractivity contribution >= 4 is 29.2 Å². The highest BCUT2D eigenvalue weighted by molar-refractivity contribution is 6.33. The molecule has 2 aliphatic heterocycles. The molecular weight excluding hydrogens is 350 g/mol. The maximum atomic E-state index is 12.3. The first-order valence-corrected chi connectivity index (χ1v) is 9.87. The number of aliphatic imine (C=N–C) groups is 1. The van der Waals surface area contributed by atoms with E-state index in [1.165, 1.54) is 0 Å². The zero-order chi connectivity index (χ0) is 18.4. The molecule has 0 aromatic heterocycles. The number of anilines is 1. The predicted molar refractivity (Wildman–Crippen MR) is 107 cm³/mol. The van der Waals surface area contributed by atoms with Crippen molar-refractivity contribution in [2.24, 2.45) is 4.99 Å². The predicted octanol–water partition coefficient (Wildman–Crippen LogP) is 2.05. The second-order valence-electron chi connectivity index (χ2n) is 6.68. The first-order valence-electron chi connectivity index (χ1n) is 9.49. The lowest BCUT2D eigenvalue weighted by Gasteiger charge is -2.38. The summed E-state index contributed by atoms with van der Waals surface area (Å²) in [6.07, 6.45) is 2.22. The van der Waals surface area contributed by atoms with Gasteiger partial charge in [0.2, 0.25) is 5.91 Å². The van der Waals surface area contributed by atoms with E-state index in [1.807, 2.05) is 23.1 Å². The molecular formula is C19H28ClN5O. The van der Waals surface area contributed by atoms with Gasteiger partial charge in [0.1, 0.15) is 6.54 Å². The lowest BCUT2D eigenvalue weighted by atomic mass is 10.2. The van der Waals surface area contributed by atoms with Gasteiger partial charge in [-0.1, -0.05) is 23.7 Å². The van der Waals surface area contributed by atoms with Gasteiger partial charge in [0.25, 0.3) is 0 Å². The second kappa shape index (κ2) is 9.12. The zero-order valence-corrected chi connectivity index (χ0v) is 16.2. The number of nitrogens with zero attached hydrogens (tertiary/aromatic N) is 4. The topological polar surface area (TPSA) is 51.2 Å². The average Bonchev–Trinajstić information content (AvgIpc) is 3.20. The minimum Gasteiger partial charge on any atom is -0.367 e. The number of hydrogen-bond acceptors (Lipinski definition) is 3. The van der Waals surface area contributed by atoms with E-state index in [-0.39, 0.29) is 12.5 Å². The van der Waals surface area contributed by atoms with Gasteiger partial charge in [0.05, 0.1) is 10.7 Å². The normalized spacial score (nSPS) is 18.4. The van der Waals surface area contributed by atoms with Crippen LogP contribution < -0.4 is 10.2 Å². The molecule has 0 bridgehead atoms. The van der Waals surface area contributed by atoms with Gasteiger partial charge in [-0.05, 0) is 31.9 Å². The largest absolute Gasteiger partial charge is 0.367 e. The Labute approximate surface area is 160 Å². The van der Waals surface area contributed by atoms with Crippen LogP contribution in [0.1, 0.15) is 19.8 Å². The summed E-state index contributed by atoms with van der Waals surface area (Å²) in [5.74, 6) is 0.964. The van der Waals surface area contributed by atoms with E-state index in [1.54, 1.807) is 0 Å². The monoisotopic (exact) mass is 377 g/mol. The van der Waals surface area contributed by atoms with Crippen LogP contribution in [-0.2, 0) is 4.79 Å². The first kappa shape index (κ1) is 18.8. The summed E-state index contributed by atoms with van der Waals surface area (Å²) in [6.45, 7) is 8.31. The third-order valence-electron chi connectivity index (χ3n) is 4.93. The number of nitrogens with one attached hydrogen (secondary N) is 1. The quantitative estimate of drug-likeness (QED) is 0.644. The van der Waals surface area contributed by atoms with Crippen LogP contribution in [0.4, 0.5) is 5.69 Å². The van der Waals surface area contributed by atoms with Crippen LogP contribution in [0.3, 0.4) is 0 Å². The van der Waals surface area contributed by atoms with E-state index >= 15 is 0 Å². The van der Waals surface area contributed by atoms with Crippen molar-refractivity contribution in [2.75, 3.05) is 57.3 Å². The average molecular weight is 378 g/mol. The van der Waals surface area contributed by atoms with Crippen LogP contribution in [-0.4, -0.2) is 74.0 Å². The zero-order valence-electron chi connectivity index (χ0n) is 15.5. The fourth-order valence-corrected chi connectivity index (χ4v) is 3.76. The third-order valence-corrected chi connectivity index (χ3v) is 5.25. The fraction of sp³-hybridized carbons (Fsp3) is 0.579. The molecule has 2 saturated heterocycles. The summed E-state index contributed by atoms with van der Waals surface area (Å²) >= 11 is 6.32. The van der Waals surface area contributed by atoms with Crippen molar-refractivity contribution in [1.29, 1.82) is 0 Å². The number of para-hydroxylation sites is 1. The fourth-order valence-electron chi connectivity index (χ4n) is 3.50. The van der Waals surface area contributed by atoms with E-state index < -0.39 is 0 Å². The molecule has 0 saturated carbocycles. The van der Waals surface area contributed by atoms with E-state index in [0.717, 1.165) is 75.3 Å². The molecule has 3 rings (SSSR count). The maximum absolute atomic E-state index is 12.3. The van der Waals surface area contributed by atoms with Crippen LogP contribution in [0.25, 0.3) is 0 Å². The van der Waals surface area contributed by atoms with Crippen molar-refractivity contribution in [3.05, 3.63) is 29.3 Å². The number of piperazine rings is 1. The van der Waals surface area contributed by atoms with E-state index in [4.69, 9.17) is 11.6 Å². The van der Waals surface area contributed by atoms with Crippen molar-refractivity contribution in [2.45, 2.75) is 19.8 Å². The smallest absolute Gasteiger partial charge is 0.244 e. The molecule has 26 heavy (non-hydrogen) atoms. The van der Waals surface area contributed by atoms with E-state index in [0.29, 0.717) is 0 Å². The molecule has 0 unspecified atom stereocenters. The molecule has 2 fully saturated rings. The number of amides is 1. The van der Waals surface area contributed by atoms with Gasteiger partial charge in [-0.2, -0.15) is 0 Å². The molecule has 142 valence electrons. The Morgan fingerprint density at radius 3 is 2.42 bits per heavy atom. The molecule has 2 heterocycles. The molecule has 1 aromatic rings. The third kappa shape index (κ3) is 4.61. The molecule has 7 heteroatoms. The van der Waals surface area contributed by atoms with Crippen LogP contribution in [0.15, 0.2) is 29.3 Å². The molecule has 0 radical (unpaired) electrons. The van der Waals surface area contributed by atoms with Crippen molar-refractivity contribution in [3.8, 4) is 0 Å². The number of hydrogen-bond donors (Lipinski definition) is 1. The highest BCUT2D eigenvalue weighted by Crippen LogP contribution is 2.26. The summed E-state index contributed by atoms with van der Waals surface area (Å²) in [4.78, 5) is 23.3. The van der Waals surface area contributed by atoms with Crippen molar-refractivity contribution in [3.63, 3.8) is 0 Å². The highest BCUT2D eigenvalue weighted by atomic mass is 35.5. The number of likely N-dealkylation sites (tertiary alicyclic amines) is 1. The second-order valence-corrected chi connectivity index (χ2v) is 7.09. The lowest BCUT2D eigenvalue weighted by Crippen LogP contribution is -2.52. The highest BCUT2D eigenvalue weighted by Gasteiger charge is 2.22. The minimum absolute atomic E-state index is 0.132. The molecule has 6 nitrogen and oxygen atoms in total. The van der Waals surface area contributed by atoms with Gasteiger partial charge >= 0.3 is 0 Å². The van der Waals surface area contributed by atoms with Crippen LogP contribution >= 0.6 is 11.6 Å². The number of carbonyl (C=O) groups is 1. The van der Waals surface area contributed by atoms with Gasteiger partial charge in [-0.25, -0.2) is 4.99 Å². The summed E-state index contributed by atoms with van der Waals surface area (Å²) in [6, 6.07) is 7.96. The van der Waals surface area contributed by atoms with Gasteiger partial charge in [-0.3, -0.25) is 4.79 Å². The number of halogens is 1. The molecule has 2 aliphatic rings. The summed E-state index contributed by atoms with van der Waals surface area (Å²) < 4.78 is 0. The molecule has 0 aliphatic carbocycles. The molecule has 1 N–H and O–H groups in total. The Hall–Kier alpha value is -1.95. The number of carbonyl (C=O) groups excluding carboxylic acids is 1. The van der Waals surface area contributed by atoms with Crippen LogP contribution in [0.2, 0.25) is 5.02 Å². The van der Waals surface area contributed by atoms with Crippen LogP contribution in [0.5, 0.6) is 0 Å². The number of rotatable bonds is 4.